The largest absolute Gasteiger partial charge is 0.417 e. The van der Waals surface area contributed by atoms with E-state index in [-0.39, 0.29) is 41.5 Å². The number of halogens is 6. The lowest BCUT2D eigenvalue weighted by atomic mass is 9.96. The first-order valence-electron chi connectivity index (χ1n) is 14.8. The van der Waals surface area contributed by atoms with Crippen LogP contribution in [0.2, 0.25) is 0 Å². The molecule has 0 saturated carbocycles. The highest BCUT2D eigenvalue weighted by molar-refractivity contribution is 6.10. The van der Waals surface area contributed by atoms with Crippen molar-refractivity contribution in [3.8, 4) is 0 Å². The predicted octanol–water partition coefficient (Wildman–Crippen LogP) is 7.00. The number of hydrogen-bond donors (Lipinski definition) is 1. The Morgan fingerprint density at radius 3 is 2.15 bits per heavy atom. The number of allylic oxidation sites excluding steroid dienone is 1. The molecule has 0 unspecified atom stereocenters. The Balaban J connectivity index is 0.00000500. The maximum atomic E-state index is 15.7. The number of fused-ring (bicyclic) bond motifs is 1. The van der Waals surface area contributed by atoms with Crippen LogP contribution in [0.5, 0.6) is 0 Å². The molecule has 2 aliphatic heterocycles. The summed E-state index contributed by atoms with van der Waals surface area (Å²) in [5, 5.41) is 2.40. The van der Waals surface area contributed by atoms with Crippen molar-refractivity contribution < 1.29 is 36.3 Å². The summed E-state index contributed by atoms with van der Waals surface area (Å²) in [4.78, 5) is 44.4. The van der Waals surface area contributed by atoms with Gasteiger partial charge in [-0.15, -0.1) is 12.4 Å². The molecule has 1 N–H and O–H groups in total. The first kappa shape index (κ1) is 35.6. The number of likely N-dealkylation sites (tertiary alicyclic amines) is 1. The predicted molar refractivity (Wildman–Crippen MR) is 172 cm³/mol. The number of hydrogen-bond acceptors (Lipinski definition) is 4. The fourth-order valence-corrected chi connectivity index (χ4v) is 5.83. The van der Waals surface area contributed by atoms with Crippen molar-refractivity contribution in [3.05, 3.63) is 101 Å². The summed E-state index contributed by atoms with van der Waals surface area (Å²) >= 11 is 0. The molecule has 2 aliphatic rings. The van der Waals surface area contributed by atoms with Gasteiger partial charge in [-0.1, -0.05) is 30.3 Å². The van der Waals surface area contributed by atoms with Crippen molar-refractivity contribution in [2.24, 2.45) is 0 Å². The van der Waals surface area contributed by atoms with Crippen LogP contribution in [0.3, 0.4) is 0 Å². The van der Waals surface area contributed by atoms with Gasteiger partial charge in [0.05, 0.1) is 16.8 Å². The third-order valence-corrected chi connectivity index (χ3v) is 8.41. The van der Waals surface area contributed by atoms with Crippen LogP contribution in [-0.4, -0.2) is 73.2 Å². The monoisotopic (exact) mass is 676 g/mol. The van der Waals surface area contributed by atoms with Crippen molar-refractivity contribution in [1.82, 2.24) is 9.80 Å². The van der Waals surface area contributed by atoms with Crippen molar-refractivity contribution in [1.29, 1.82) is 0 Å². The van der Waals surface area contributed by atoms with Crippen molar-refractivity contribution >= 4 is 47.1 Å². The molecule has 0 atom stereocenters. The molecule has 47 heavy (non-hydrogen) atoms. The van der Waals surface area contributed by atoms with Gasteiger partial charge in [-0.25, -0.2) is 8.78 Å². The van der Waals surface area contributed by atoms with E-state index < -0.39 is 52.9 Å². The summed E-state index contributed by atoms with van der Waals surface area (Å²) in [6, 6.07) is 16.3. The van der Waals surface area contributed by atoms with E-state index in [4.69, 9.17) is 0 Å². The molecule has 3 amide bonds. The molecule has 0 aliphatic carbocycles. The van der Waals surface area contributed by atoms with Gasteiger partial charge < -0.3 is 20.0 Å². The molecular weight excluding hydrogens is 643 g/mol. The number of anilines is 2. The molecule has 250 valence electrons. The molecule has 3 aromatic carbocycles. The number of rotatable bonds is 5. The minimum absolute atomic E-state index is 0. The first-order valence-corrected chi connectivity index (χ1v) is 14.8. The van der Waals surface area contributed by atoms with Crippen LogP contribution in [0.15, 0.2) is 78.9 Å². The lowest BCUT2D eigenvalue weighted by molar-refractivity contribution is -0.138. The van der Waals surface area contributed by atoms with Crippen LogP contribution < -0.4 is 10.2 Å². The maximum absolute atomic E-state index is 15.7. The van der Waals surface area contributed by atoms with Gasteiger partial charge in [-0.3, -0.25) is 14.4 Å². The lowest BCUT2D eigenvalue weighted by Crippen LogP contribution is -2.44. The van der Waals surface area contributed by atoms with E-state index in [1.165, 1.54) is 47.4 Å². The molecule has 7 nitrogen and oxygen atoms in total. The Morgan fingerprint density at radius 2 is 1.51 bits per heavy atom. The SMILES string of the molecule is CN(C)C1CCN(C(=O)/C=C2/c3ccccc3N(C(=O)c3ccc(NC(=O)c4ccccc4C(F)(F)F)cc3)CCC2(F)F)CC1.Cl. The normalized spacial score (nSPS) is 17.5. The van der Waals surface area contributed by atoms with E-state index in [0.29, 0.717) is 19.1 Å². The number of nitrogens with one attached hydrogen (secondary N) is 1. The summed E-state index contributed by atoms with van der Waals surface area (Å²) in [7, 11) is 3.93. The Kier molecular flexibility index (Phi) is 10.8. The van der Waals surface area contributed by atoms with E-state index in [1.807, 2.05) is 14.1 Å². The van der Waals surface area contributed by atoms with Gasteiger partial charge in [-0.2, -0.15) is 13.2 Å². The number of amides is 3. The highest BCUT2D eigenvalue weighted by Crippen LogP contribution is 2.43. The van der Waals surface area contributed by atoms with Gasteiger partial charge in [0.2, 0.25) is 5.91 Å². The van der Waals surface area contributed by atoms with E-state index in [1.54, 1.807) is 23.1 Å². The molecule has 0 aromatic heterocycles. The number of alkyl halides is 5. The third-order valence-electron chi connectivity index (χ3n) is 8.41. The zero-order valence-corrected chi connectivity index (χ0v) is 26.5. The molecule has 13 heteroatoms. The Morgan fingerprint density at radius 1 is 0.894 bits per heavy atom. The first-order chi connectivity index (χ1) is 21.8. The maximum Gasteiger partial charge on any atom is 0.417 e. The minimum Gasteiger partial charge on any atom is -0.339 e. The quantitative estimate of drug-likeness (QED) is 0.233. The Hall–Kier alpha value is -4.29. The van der Waals surface area contributed by atoms with Crippen molar-refractivity contribution in [2.75, 3.05) is 43.9 Å². The highest BCUT2D eigenvalue weighted by Gasteiger charge is 2.42. The molecule has 0 spiro atoms. The number of para-hydroxylation sites is 1. The number of piperidine rings is 1. The van der Waals surface area contributed by atoms with Crippen LogP contribution in [0.1, 0.15) is 51.1 Å². The summed E-state index contributed by atoms with van der Waals surface area (Å²) in [6.07, 6.45) is -2.98. The second-order valence-corrected chi connectivity index (χ2v) is 11.6. The topological polar surface area (TPSA) is 73.0 Å². The number of carbonyl (C=O) groups is 3. The van der Waals surface area contributed by atoms with Crippen LogP contribution in [-0.2, 0) is 11.0 Å². The molecule has 0 bridgehead atoms. The summed E-state index contributed by atoms with van der Waals surface area (Å²) in [6.45, 7) is 0.568. The zero-order chi connectivity index (χ0) is 33.2. The summed E-state index contributed by atoms with van der Waals surface area (Å²) < 4.78 is 71.4. The average molecular weight is 677 g/mol. The smallest absolute Gasteiger partial charge is 0.339 e. The number of nitrogens with zero attached hydrogens (tertiary/aromatic N) is 3. The fraction of sp³-hybridized carbons (Fsp3) is 0.324. The standard InChI is InChI=1S/C34H33F5N4O3.ClH/c1-41(2)24-15-18-42(19-16-24)30(44)21-28-25-7-4-6-10-29(25)43(20-17-33(28,35)36)32(46)22-11-13-23(14-12-22)40-31(45)26-8-3-5-9-27(26)34(37,38)39;/h3-14,21,24H,15-20H2,1-2H3,(H,40,45);1H/b28-21-;. The molecule has 1 saturated heterocycles. The molecule has 3 aromatic rings. The highest BCUT2D eigenvalue weighted by atomic mass is 35.5. The van der Waals surface area contributed by atoms with E-state index in [0.717, 1.165) is 31.1 Å². The number of carbonyl (C=O) groups excluding carboxylic acids is 3. The Labute approximate surface area is 275 Å². The van der Waals surface area contributed by atoms with Gasteiger partial charge in [0.15, 0.2) is 0 Å². The Bertz CT molecular complexity index is 1650. The second-order valence-electron chi connectivity index (χ2n) is 11.6. The second kappa shape index (κ2) is 14.2. The van der Waals surface area contributed by atoms with Gasteiger partial charge in [0.25, 0.3) is 17.7 Å². The van der Waals surface area contributed by atoms with Gasteiger partial charge in [0, 0.05) is 60.6 Å². The summed E-state index contributed by atoms with van der Waals surface area (Å²) in [5.74, 6) is -5.48. The van der Waals surface area contributed by atoms with E-state index in [9.17, 15) is 27.6 Å². The van der Waals surface area contributed by atoms with Gasteiger partial charge >= 0.3 is 6.18 Å². The van der Waals surface area contributed by atoms with E-state index >= 15 is 8.78 Å². The fourth-order valence-electron chi connectivity index (χ4n) is 5.83. The van der Waals surface area contributed by atoms with Crippen LogP contribution in [0.25, 0.3) is 5.57 Å². The zero-order valence-electron chi connectivity index (χ0n) is 25.7. The van der Waals surface area contributed by atoms with Gasteiger partial charge in [0.1, 0.15) is 0 Å². The van der Waals surface area contributed by atoms with Crippen molar-refractivity contribution in [2.45, 2.75) is 37.4 Å². The minimum atomic E-state index is -4.73. The average Bonchev–Trinajstić information content (AvgIpc) is 3.14. The molecular formula is C34H34ClF5N4O3. The molecule has 1 fully saturated rings. The lowest BCUT2D eigenvalue weighted by Gasteiger charge is -2.35. The third kappa shape index (κ3) is 7.82. The molecule has 0 radical (unpaired) electrons. The molecule has 2 heterocycles. The van der Waals surface area contributed by atoms with Crippen LogP contribution in [0, 0.1) is 0 Å². The summed E-state index contributed by atoms with van der Waals surface area (Å²) in [5.41, 5.74) is -1.55. The number of benzene rings is 3. The van der Waals surface area contributed by atoms with Crippen LogP contribution >= 0.6 is 12.4 Å². The molecule has 5 rings (SSSR count). The van der Waals surface area contributed by atoms with Crippen LogP contribution in [0.4, 0.5) is 33.3 Å². The van der Waals surface area contributed by atoms with Crippen molar-refractivity contribution in [3.63, 3.8) is 0 Å². The van der Waals surface area contributed by atoms with E-state index in [2.05, 4.69) is 10.2 Å². The van der Waals surface area contributed by atoms with Gasteiger partial charge in [-0.05, 0) is 69.4 Å².